The maximum Gasteiger partial charge on any atom is 0.573 e. The molecular weight excluding hydrogens is 471 g/mol. The highest BCUT2D eigenvalue weighted by Crippen LogP contribution is 2.48. The summed E-state index contributed by atoms with van der Waals surface area (Å²) in [6.07, 6.45) is -3.59. The van der Waals surface area contributed by atoms with Gasteiger partial charge in [-0.2, -0.15) is 8.75 Å². The third-order valence-electron chi connectivity index (χ3n) is 5.79. The summed E-state index contributed by atoms with van der Waals surface area (Å²) in [6.45, 7) is 1.14. The van der Waals surface area contributed by atoms with E-state index in [1.807, 2.05) is 4.90 Å². The lowest BCUT2D eigenvalue weighted by atomic mass is 9.88. The normalized spacial score (nSPS) is 26.3. The quantitative estimate of drug-likeness (QED) is 0.358. The van der Waals surface area contributed by atoms with Crippen molar-refractivity contribution in [3.8, 4) is 5.75 Å². The predicted molar refractivity (Wildman–Crippen MR) is 105 cm³/mol. The second-order valence-electron chi connectivity index (χ2n) is 7.74. The van der Waals surface area contributed by atoms with E-state index in [1.165, 1.54) is 23.9 Å². The van der Waals surface area contributed by atoms with Gasteiger partial charge in [0, 0.05) is 31.2 Å². The lowest BCUT2D eigenvalue weighted by Gasteiger charge is -2.37. The Morgan fingerprint density at radius 3 is 2.56 bits per heavy atom. The Bertz CT molecular complexity index is 1030. The molecule has 3 saturated heterocycles. The van der Waals surface area contributed by atoms with Gasteiger partial charge in [-0.15, -0.1) is 13.2 Å². The molecular formula is C19H16F3N3O5S2. The van der Waals surface area contributed by atoms with E-state index >= 15 is 0 Å². The highest BCUT2D eigenvalue weighted by molar-refractivity contribution is 7.98. The molecule has 8 nitrogen and oxygen atoms in total. The fraction of sp³-hybridized carbons (Fsp3) is 0.474. The van der Waals surface area contributed by atoms with E-state index < -0.39 is 24.2 Å². The second-order valence-corrected chi connectivity index (χ2v) is 9.23. The van der Waals surface area contributed by atoms with Crippen molar-refractivity contribution in [3.05, 3.63) is 35.5 Å². The van der Waals surface area contributed by atoms with Crippen molar-refractivity contribution in [2.75, 3.05) is 13.1 Å². The van der Waals surface area contributed by atoms with Gasteiger partial charge in [-0.05, 0) is 30.0 Å². The van der Waals surface area contributed by atoms with Gasteiger partial charge in [0.05, 0.1) is 17.4 Å². The maximum atomic E-state index is 12.3. The molecule has 4 heterocycles. The minimum Gasteiger partial charge on any atom is -0.406 e. The fourth-order valence-corrected chi connectivity index (χ4v) is 6.08. The van der Waals surface area contributed by atoms with Crippen LogP contribution in [-0.2, 0) is 24.8 Å². The van der Waals surface area contributed by atoms with Crippen LogP contribution in [0.3, 0.4) is 0 Å². The molecule has 13 heteroatoms. The fourth-order valence-electron chi connectivity index (χ4n) is 4.36. The molecule has 3 unspecified atom stereocenters. The molecule has 2 bridgehead atoms. The molecule has 0 aliphatic carbocycles. The van der Waals surface area contributed by atoms with Gasteiger partial charge in [0.25, 0.3) is 0 Å². The Balaban J connectivity index is 1.25. The summed E-state index contributed by atoms with van der Waals surface area (Å²) in [5.74, 6) is -2.69. The highest BCUT2D eigenvalue weighted by atomic mass is 32.2. The summed E-state index contributed by atoms with van der Waals surface area (Å²) in [6, 6.07) is 5.71. The summed E-state index contributed by atoms with van der Waals surface area (Å²) in [4.78, 5) is 25.0. The Hall–Kier alpha value is -2.38. The number of aromatic nitrogens is 2. The molecule has 0 saturated carbocycles. The summed E-state index contributed by atoms with van der Waals surface area (Å²) in [7, 11) is 0. The molecule has 1 aromatic carbocycles. The molecule has 0 N–H and O–H groups in total. The van der Waals surface area contributed by atoms with Crippen LogP contribution >= 0.6 is 23.5 Å². The first-order valence-corrected chi connectivity index (χ1v) is 11.5. The number of fused-ring (bicyclic) bond motifs is 3. The van der Waals surface area contributed by atoms with Crippen LogP contribution in [0.15, 0.2) is 29.3 Å². The number of hydrogen-bond donors (Lipinski definition) is 0. The molecule has 1 spiro atoms. The second kappa shape index (κ2) is 7.89. The molecule has 0 radical (unpaired) electrons. The molecule has 0 amide bonds. The van der Waals surface area contributed by atoms with Crippen molar-refractivity contribution in [1.29, 1.82) is 0 Å². The van der Waals surface area contributed by atoms with Crippen molar-refractivity contribution in [3.63, 3.8) is 0 Å². The first-order chi connectivity index (χ1) is 15.2. The Kier molecular flexibility index (Phi) is 5.29. The van der Waals surface area contributed by atoms with Gasteiger partial charge in [-0.1, -0.05) is 23.9 Å². The van der Waals surface area contributed by atoms with Gasteiger partial charge in [0.2, 0.25) is 0 Å². The average Bonchev–Trinajstić information content (AvgIpc) is 3.41. The number of alkyl halides is 3. The van der Waals surface area contributed by atoms with E-state index in [0.717, 1.165) is 28.0 Å². The van der Waals surface area contributed by atoms with Crippen LogP contribution < -0.4 is 4.74 Å². The minimum atomic E-state index is -4.72. The number of carbonyl (C=O) groups is 2. The van der Waals surface area contributed by atoms with Gasteiger partial charge in [0.15, 0.2) is 0 Å². The lowest BCUT2D eigenvalue weighted by Crippen LogP contribution is -2.51. The van der Waals surface area contributed by atoms with Crippen LogP contribution in [0.1, 0.15) is 30.0 Å². The van der Waals surface area contributed by atoms with Gasteiger partial charge >= 0.3 is 24.2 Å². The summed E-state index contributed by atoms with van der Waals surface area (Å²) in [5, 5.41) is 0.763. The van der Waals surface area contributed by atoms with E-state index in [0.29, 0.717) is 31.7 Å². The molecule has 3 aliphatic rings. The molecule has 2 aromatic rings. The lowest BCUT2D eigenvalue weighted by molar-refractivity contribution is -0.274. The highest BCUT2D eigenvalue weighted by Gasteiger charge is 2.59. The minimum absolute atomic E-state index is 0.0520. The number of halogens is 3. The first kappa shape index (κ1) is 21.5. The number of esters is 2. The number of thioether (sulfide) groups is 1. The molecule has 3 fully saturated rings. The largest absolute Gasteiger partial charge is 0.573 e. The van der Waals surface area contributed by atoms with Gasteiger partial charge in [0.1, 0.15) is 10.8 Å². The van der Waals surface area contributed by atoms with E-state index in [2.05, 4.69) is 13.5 Å². The summed E-state index contributed by atoms with van der Waals surface area (Å²) < 4.78 is 60.2. The zero-order valence-corrected chi connectivity index (χ0v) is 18.0. The van der Waals surface area contributed by atoms with Crippen LogP contribution in [0, 0.1) is 5.92 Å². The molecule has 3 atom stereocenters. The number of nitrogens with zero attached hydrogens (tertiary/aromatic N) is 3. The number of rotatable bonds is 5. The first-order valence-electron chi connectivity index (χ1n) is 9.74. The third kappa shape index (κ3) is 4.04. The van der Waals surface area contributed by atoms with Crippen LogP contribution in [0.2, 0.25) is 0 Å². The standard InChI is InChI=1S/C19H16F3N3O5S2/c20-19(21,22)28-12-3-1-10(2-4-12)9-31-15-14(23-32-24-15)13-8-25-7-11(13)5-6-18(25)29-16(26)17(27)30-18/h1-4,11,13H,5-9H2. The predicted octanol–water partition coefficient (Wildman–Crippen LogP) is 3.29. The SMILES string of the molecule is O=C1OC2(CCC3CN2CC3c2nsnc2SCc2ccc(OC(F)(F)F)cc2)OC1=O. The third-order valence-corrected chi connectivity index (χ3v) is 7.50. The number of hydrogen-bond acceptors (Lipinski definition) is 10. The molecule has 5 rings (SSSR count). The number of carbonyl (C=O) groups excluding carboxylic acids is 2. The van der Waals surface area contributed by atoms with Gasteiger partial charge in [-0.25, -0.2) is 14.5 Å². The molecule has 3 aliphatic heterocycles. The van der Waals surface area contributed by atoms with Crippen molar-refractivity contribution in [2.24, 2.45) is 5.92 Å². The van der Waals surface area contributed by atoms with Crippen molar-refractivity contribution < 1.29 is 37.0 Å². The zero-order valence-electron chi connectivity index (χ0n) is 16.3. The Morgan fingerprint density at radius 2 is 1.88 bits per heavy atom. The van der Waals surface area contributed by atoms with Crippen molar-refractivity contribution >= 4 is 35.4 Å². The smallest absolute Gasteiger partial charge is 0.406 e. The van der Waals surface area contributed by atoms with Crippen molar-refractivity contribution in [1.82, 2.24) is 13.6 Å². The van der Waals surface area contributed by atoms with E-state index in [9.17, 15) is 22.8 Å². The van der Waals surface area contributed by atoms with Gasteiger partial charge in [-0.3, -0.25) is 0 Å². The van der Waals surface area contributed by atoms with E-state index in [-0.39, 0.29) is 17.6 Å². The Morgan fingerprint density at radius 1 is 1.16 bits per heavy atom. The number of piperidine rings is 1. The number of benzene rings is 1. The van der Waals surface area contributed by atoms with Crippen LogP contribution in [0.5, 0.6) is 5.75 Å². The monoisotopic (exact) mass is 487 g/mol. The van der Waals surface area contributed by atoms with E-state index in [4.69, 9.17) is 9.47 Å². The van der Waals surface area contributed by atoms with Gasteiger partial charge < -0.3 is 14.2 Å². The topological polar surface area (TPSA) is 90.8 Å². The molecule has 32 heavy (non-hydrogen) atoms. The van der Waals surface area contributed by atoms with Crippen molar-refractivity contribution in [2.45, 2.75) is 41.8 Å². The molecule has 170 valence electrons. The zero-order chi connectivity index (χ0) is 22.5. The Labute approximate surface area is 188 Å². The van der Waals surface area contributed by atoms with Crippen LogP contribution in [0.25, 0.3) is 0 Å². The van der Waals surface area contributed by atoms with Crippen LogP contribution in [-0.4, -0.2) is 50.9 Å². The summed E-state index contributed by atoms with van der Waals surface area (Å²) in [5.41, 5.74) is 1.67. The molecule has 1 aromatic heterocycles. The van der Waals surface area contributed by atoms with Crippen LogP contribution in [0.4, 0.5) is 13.2 Å². The average molecular weight is 487 g/mol. The van der Waals surface area contributed by atoms with E-state index in [1.54, 1.807) is 12.1 Å². The maximum absolute atomic E-state index is 12.3. The summed E-state index contributed by atoms with van der Waals surface area (Å²) >= 11 is 2.56. The number of ether oxygens (including phenoxy) is 3.